The van der Waals surface area contributed by atoms with Crippen LogP contribution in [0.15, 0.2) is 0 Å². The highest BCUT2D eigenvalue weighted by atomic mass is 16.6. The Balaban J connectivity index is 2.97. The molecule has 1 saturated heterocycles. The molecule has 0 radical (unpaired) electrons. The van der Waals surface area contributed by atoms with Gasteiger partial charge in [-0.15, -0.1) is 0 Å². The molecule has 1 atom stereocenters. The van der Waals surface area contributed by atoms with Crippen LogP contribution in [0.4, 0.5) is 4.79 Å². The van der Waals surface area contributed by atoms with E-state index in [0.29, 0.717) is 6.42 Å². The first kappa shape index (κ1) is 13.0. The molecule has 0 aromatic rings. The Kier molecular flexibility index (Phi) is 3.61. The molecule has 16 heavy (non-hydrogen) atoms. The van der Waals surface area contributed by atoms with Gasteiger partial charge in [0.25, 0.3) is 0 Å². The number of cyclic esters (lactones) is 1. The highest BCUT2D eigenvalue weighted by Gasteiger charge is 2.51. The lowest BCUT2D eigenvalue weighted by atomic mass is 9.89. The first-order valence-corrected chi connectivity index (χ1v) is 5.86. The van der Waals surface area contributed by atoms with Crippen molar-refractivity contribution in [2.45, 2.75) is 59.1 Å². The molecular formula is C12H21NO3. The zero-order chi connectivity index (χ0) is 12.5. The summed E-state index contributed by atoms with van der Waals surface area (Å²) in [7, 11) is 0. The van der Waals surface area contributed by atoms with Crippen molar-refractivity contribution >= 4 is 12.0 Å². The van der Waals surface area contributed by atoms with Crippen LogP contribution in [-0.2, 0) is 9.53 Å². The number of nitrogens with zero attached hydrogens (tertiary/aromatic N) is 1. The Morgan fingerprint density at radius 1 is 1.50 bits per heavy atom. The largest absolute Gasteiger partial charge is 0.441 e. The molecule has 0 spiro atoms. The summed E-state index contributed by atoms with van der Waals surface area (Å²) in [5.41, 5.74) is -0.589. The maximum atomic E-state index is 11.9. The predicted molar refractivity (Wildman–Crippen MR) is 60.9 cm³/mol. The molecule has 0 aromatic carbocycles. The monoisotopic (exact) mass is 227 g/mol. The standard InChI is InChI=1S/C12H21NO3/c1-6-7-9(14)13-10(8(2)3)12(4,5)16-11(13)15/h8,10H,6-7H2,1-5H3/t10-/m0/s1. The topological polar surface area (TPSA) is 46.6 Å². The maximum absolute atomic E-state index is 11.9. The summed E-state index contributed by atoms with van der Waals surface area (Å²) >= 11 is 0. The van der Waals surface area contributed by atoms with Crippen molar-refractivity contribution in [2.24, 2.45) is 5.92 Å². The third kappa shape index (κ3) is 2.20. The predicted octanol–water partition coefficient (Wildman–Crippen LogP) is 2.57. The number of hydrogen-bond acceptors (Lipinski definition) is 3. The minimum absolute atomic E-state index is 0.128. The van der Waals surface area contributed by atoms with E-state index in [9.17, 15) is 9.59 Å². The van der Waals surface area contributed by atoms with Gasteiger partial charge in [-0.05, 0) is 26.2 Å². The SMILES string of the molecule is CCCC(=O)N1C(=O)OC(C)(C)[C@@H]1C(C)C. The molecule has 1 heterocycles. The van der Waals surface area contributed by atoms with Gasteiger partial charge in [-0.1, -0.05) is 20.8 Å². The fourth-order valence-electron chi connectivity index (χ4n) is 2.45. The van der Waals surface area contributed by atoms with E-state index < -0.39 is 11.7 Å². The molecular weight excluding hydrogens is 206 g/mol. The first-order valence-electron chi connectivity index (χ1n) is 5.86. The van der Waals surface area contributed by atoms with Crippen molar-refractivity contribution < 1.29 is 14.3 Å². The van der Waals surface area contributed by atoms with E-state index in [1.165, 1.54) is 4.90 Å². The van der Waals surface area contributed by atoms with Gasteiger partial charge in [-0.25, -0.2) is 9.69 Å². The average molecular weight is 227 g/mol. The summed E-state index contributed by atoms with van der Waals surface area (Å²) in [6.45, 7) is 9.64. The molecule has 1 aliphatic heterocycles. The van der Waals surface area contributed by atoms with Gasteiger partial charge in [0, 0.05) is 6.42 Å². The lowest BCUT2D eigenvalue weighted by Crippen LogP contribution is -2.47. The minimum atomic E-state index is -0.589. The van der Waals surface area contributed by atoms with Crippen molar-refractivity contribution in [3.8, 4) is 0 Å². The number of ether oxygens (including phenoxy) is 1. The van der Waals surface area contributed by atoms with E-state index in [2.05, 4.69) is 0 Å². The van der Waals surface area contributed by atoms with E-state index in [0.717, 1.165) is 6.42 Å². The van der Waals surface area contributed by atoms with Gasteiger partial charge in [0.2, 0.25) is 5.91 Å². The van der Waals surface area contributed by atoms with Gasteiger partial charge < -0.3 is 4.74 Å². The Bertz CT molecular complexity index is 297. The third-order valence-corrected chi connectivity index (χ3v) is 2.90. The second kappa shape index (κ2) is 4.44. The zero-order valence-corrected chi connectivity index (χ0v) is 10.7. The average Bonchev–Trinajstić information content (AvgIpc) is 2.35. The quantitative estimate of drug-likeness (QED) is 0.744. The molecule has 92 valence electrons. The fourth-order valence-corrected chi connectivity index (χ4v) is 2.45. The van der Waals surface area contributed by atoms with Crippen LogP contribution >= 0.6 is 0 Å². The van der Waals surface area contributed by atoms with E-state index >= 15 is 0 Å². The van der Waals surface area contributed by atoms with Crippen molar-refractivity contribution in [1.29, 1.82) is 0 Å². The van der Waals surface area contributed by atoms with Crippen LogP contribution in [-0.4, -0.2) is 28.5 Å². The van der Waals surface area contributed by atoms with Crippen molar-refractivity contribution in [3.05, 3.63) is 0 Å². The van der Waals surface area contributed by atoms with Gasteiger partial charge in [0.05, 0.1) is 6.04 Å². The van der Waals surface area contributed by atoms with Crippen molar-refractivity contribution in [2.75, 3.05) is 0 Å². The first-order chi connectivity index (χ1) is 7.31. The Hall–Kier alpha value is -1.06. The summed E-state index contributed by atoms with van der Waals surface area (Å²) in [6, 6.07) is -0.168. The van der Waals surface area contributed by atoms with Crippen LogP contribution < -0.4 is 0 Å². The number of carbonyl (C=O) groups is 2. The van der Waals surface area contributed by atoms with Crippen LogP contribution in [0.1, 0.15) is 47.5 Å². The lowest BCUT2D eigenvalue weighted by Gasteiger charge is -2.30. The van der Waals surface area contributed by atoms with Gasteiger partial charge >= 0.3 is 6.09 Å². The molecule has 1 aliphatic rings. The summed E-state index contributed by atoms with van der Waals surface area (Å²) in [6.07, 6.45) is 0.643. The smallest absolute Gasteiger partial charge is 0.417 e. The molecule has 0 N–H and O–H groups in total. The summed E-state index contributed by atoms with van der Waals surface area (Å²) in [5, 5.41) is 0. The zero-order valence-electron chi connectivity index (χ0n) is 10.7. The van der Waals surface area contributed by atoms with Gasteiger partial charge in [-0.2, -0.15) is 0 Å². The van der Waals surface area contributed by atoms with Gasteiger partial charge in [-0.3, -0.25) is 4.79 Å². The molecule has 0 saturated carbocycles. The number of amides is 2. The van der Waals surface area contributed by atoms with E-state index in [-0.39, 0.29) is 17.9 Å². The highest BCUT2D eigenvalue weighted by molar-refractivity contribution is 5.94. The van der Waals surface area contributed by atoms with Crippen LogP contribution in [0.2, 0.25) is 0 Å². The number of hydrogen-bond donors (Lipinski definition) is 0. The van der Waals surface area contributed by atoms with Gasteiger partial charge in [0.15, 0.2) is 0 Å². The molecule has 1 fully saturated rings. The fraction of sp³-hybridized carbons (Fsp3) is 0.833. The van der Waals surface area contributed by atoms with Crippen LogP contribution in [0.25, 0.3) is 0 Å². The van der Waals surface area contributed by atoms with E-state index in [1.54, 1.807) is 0 Å². The number of imide groups is 1. The second-order valence-corrected chi connectivity index (χ2v) is 5.17. The molecule has 0 aromatic heterocycles. The molecule has 4 nitrogen and oxygen atoms in total. The number of carbonyl (C=O) groups excluding carboxylic acids is 2. The summed E-state index contributed by atoms with van der Waals surface area (Å²) in [5.74, 6) is 0.0685. The Morgan fingerprint density at radius 3 is 2.50 bits per heavy atom. The normalized spacial score (nSPS) is 23.8. The second-order valence-electron chi connectivity index (χ2n) is 5.17. The maximum Gasteiger partial charge on any atom is 0.417 e. The molecule has 4 heteroatoms. The molecule has 0 unspecified atom stereocenters. The lowest BCUT2D eigenvalue weighted by molar-refractivity contribution is -0.130. The highest BCUT2D eigenvalue weighted by Crippen LogP contribution is 2.34. The van der Waals surface area contributed by atoms with Crippen LogP contribution in [0.5, 0.6) is 0 Å². The molecule has 0 bridgehead atoms. The van der Waals surface area contributed by atoms with Crippen molar-refractivity contribution in [1.82, 2.24) is 4.90 Å². The molecule has 2 amide bonds. The molecule has 1 rings (SSSR count). The van der Waals surface area contributed by atoms with Crippen LogP contribution in [0.3, 0.4) is 0 Å². The van der Waals surface area contributed by atoms with Crippen molar-refractivity contribution in [3.63, 3.8) is 0 Å². The Morgan fingerprint density at radius 2 is 2.06 bits per heavy atom. The van der Waals surface area contributed by atoms with E-state index in [4.69, 9.17) is 4.74 Å². The minimum Gasteiger partial charge on any atom is -0.441 e. The summed E-state index contributed by atoms with van der Waals surface area (Å²) < 4.78 is 5.27. The summed E-state index contributed by atoms with van der Waals surface area (Å²) in [4.78, 5) is 24.9. The Labute approximate surface area is 96.9 Å². The van der Waals surface area contributed by atoms with E-state index in [1.807, 2.05) is 34.6 Å². The number of rotatable bonds is 3. The van der Waals surface area contributed by atoms with Crippen LogP contribution in [0, 0.1) is 5.92 Å². The third-order valence-electron chi connectivity index (χ3n) is 2.90. The molecule has 0 aliphatic carbocycles. The van der Waals surface area contributed by atoms with Gasteiger partial charge in [0.1, 0.15) is 5.60 Å².